The topological polar surface area (TPSA) is 91.3 Å². The maximum Gasteiger partial charge on any atom is 0.321 e. The van der Waals surface area contributed by atoms with Gasteiger partial charge in [0.15, 0.2) is 0 Å². The van der Waals surface area contributed by atoms with E-state index in [2.05, 4.69) is 10.2 Å². The van der Waals surface area contributed by atoms with Crippen LogP contribution in [0.25, 0.3) is 0 Å². The maximum absolute atomic E-state index is 12.7. The molecule has 8 nitrogen and oxygen atoms in total. The Kier molecular flexibility index (Phi) is 7.71. The van der Waals surface area contributed by atoms with E-state index in [1.54, 1.807) is 19.2 Å². The van der Waals surface area contributed by atoms with Gasteiger partial charge in [-0.3, -0.25) is 9.69 Å². The van der Waals surface area contributed by atoms with E-state index in [0.717, 1.165) is 51.4 Å². The fraction of sp³-hybridized carbons (Fsp3) is 0.619. The van der Waals surface area contributed by atoms with E-state index in [9.17, 15) is 14.7 Å². The largest absolute Gasteiger partial charge is 0.497 e. The molecule has 2 aliphatic heterocycles. The smallest absolute Gasteiger partial charge is 0.321 e. The van der Waals surface area contributed by atoms with Gasteiger partial charge in [0.2, 0.25) is 0 Å². The number of carbonyl (C=O) groups excluding carboxylic acids is 1. The number of likely N-dealkylation sites (tertiary alicyclic amines) is 1. The summed E-state index contributed by atoms with van der Waals surface area (Å²) in [6.45, 7) is 5.41. The fourth-order valence-electron chi connectivity index (χ4n) is 4.14. The van der Waals surface area contributed by atoms with Gasteiger partial charge in [0.1, 0.15) is 5.75 Å². The summed E-state index contributed by atoms with van der Waals surface area (Å²) in [5.74, 6) is 0.269. The van der Waals surface area contributed by atoms with Gasteiger partial charge in [0.25, 0.3) is 0 Å². The lowest BCUT2D eigenvalue weighted by atomic mass is 9.81. The van der Waals surface area contributed by atoms with Crippen molar-refractivity contribution < 1.29 is 24.2 Å². The number of carboxylic acid groups (broad SMARTS) is 1. The number of hydrogen-bond donors (Lipinski definition) is 2. The second kappa shape index (κ2) is 10.5. The van der Waals surface area contributed by atoms with Crippen molar-refractivity contribution in [2.45, 2.75) is 19.3 Å². The number of benzene rings is 1. The van der Waals surface area contributed by atoms with Crippen molar-refractivity contribution in [3.8, 4) is 5.75 Å². The monoisotopic (exact) mass is 405 g/mol. The Morgan fingerprint density at radius 1 is 1.17 bits per heavy atom. The second-order valence-electron chi connectivity index (χ2n) is 7.75. The molecule has 0 saturated carbocycles. The predicted molar refractivity (Wildman–Crippen MR) is 109 cm³/mol. The molecule has 0 bridgehead atoms. The number of nitrogens with one attached hydrogen (secondary N) is 1. The minimum Gasteiger partial charge on any atom is -0.497 e. The molecule has 1 aromatic carbocycles. The Morgan fingerprint density at radius 3 is 2.55 bits per heavy atom. The Labute approximate surface area is 171 Å². The van der Waals surface area contributed by atoms with Gasteiger partial charge in [0.05, 0.1) is 20.3 Å². The zero-order valence-corrected chi connectivity index (χ0v) is 17.0. The van der Waals surface area contributed by atoms with Crippen molar-refractivity contribution >= 4 is 17.7 Å². The van der Waals surface area contributed by atoms with Gasteiger partial charge in [-0.25, -0.2) is 4.79 Å². The minimum absolute atomic E-state index is 0.110. The molecule has 0 radical (unpaired) electrons. The molecule has 29 heavy (non-hydrogen) atoms. The Hall–Kier alpha value is -2.32. The number of urea groups is 1. The molecule has 0 aromatic heterocycles. The molecule has 2 aliphatic rings. The fourth-order valence-corrected chi connectivity index (χ4v) is 4.14. The summed E-state index contributed by atoms with van der Waals surface area (Å²) in [6, 6.07) is 7.09. The molecular weight excluding hydrogens is 374 g/mol. The summed E-state index contributed by atoms with van der Waals surface area (Å²) in [4.78, 5) is 28.2. The quantitative estimate of drug-likeness (QED) is 0.724. The zero-order valence-electron chi connectivity index (χ0n) is 17.0. The van der Waals surface area contributed by atoms with Crippen LogP contribution in [0.3, 0.4) is 0 Å². The Morgan fingerprint density at radius 2 is 1.90 bits per heavy atom. The molecule has 2 amide bonds. The molecule has 2 heterocycles. The molecule has 0 spiro atoms. The summed E-state index contributed by atoms with van der Waals surface area (Å²) in [7, 11) is 1.60. The van der Waals surface area contributed by atoms with Crippen LogP contribution in [0, 0.1) is 11.8 Å². The molecule has 160 valence electrons. The molecule has 2 N–H and O–H groups in total. The number of amides is 2. The number of piperidine rings is 1. The van der Waals surface area contributed by atoms with Gasteiger partial charge < -0.3 is 24.8 Å². The van der Waals surface area contributed by atoms with Crippen LogP contribution in [0.4, 0.5) is 10.5 Å². The normalized spacial score (nSPS) is 22.9. The number of anilines is 1. The summed E-state index contributed by atoms with van der Waals surface area (Å²) >= 11 is 0. The van der Waals surface area contributed by atoms with Gasteiger partial charge in [-0.05, 0) is 55.5 Å². The molecule has 1 aromatic rings. The van der Waals surface area contributed by atoms with E-state index >= 15 is 0 Å². The first-order valence-electron chi connectivity index (χ1n) is 10.3. The first kappa shape index (κ1) is 21.4. The minimum atomic E-state index is -0.762. The van der Waals surface area contributed by atoms with Crippen LogP contribution < -0.4 is 10.1 Å². The SMILES string of the molecule is COc1ccc(NC(=O)N2CCC(CC(=O)O)C(CCN3CCOCC3)C2)cc1. The number of carboxylic acids is 1. The number of hydrogen-bond acceptors (Lipinski definition) is 5. The van der Waals surface area contributed by atoms with E-state index in [0.29, 0.717) is 18.8 Å². The highest BCUT2D eigenvalue weighted by atomic mass is 16.5. The summed E-state index contributed by atoms with van der Waals surface area (Å²) in [5, 5.41) is 12.2. The lowest BCUT2D eigenvalue weighted by Crippen LogP contribution is -2.47. The molecule has 8 heteroatoms. The third-order valence-corrected chi connectivity index (χ3v) is 5.88. The van der Waals surface area contributed by atoms with Crippen LogP contribution in [0.2, 0.25) is 0 Å². The average molecular weight is 405 g/mol. The second-order valence-corrected chi connectivity index (χ2v) is 7.75. The van der Waals surface area contributed by atoms with Gasteiger partial charge in [0, 0.05) is 38.3 Å². The highest BCUT2D eigenvalue weighted by Gasteiger charge is 2.33. The molecule has 0 aliphatic carbocycles. The van der Waals surface area contributed by atoms with E-state index in [-0.39, 0.29) is 24.3 Å². The van der Waals surface area contributed by atoms with Gasteiger partial charge in [-0.1, -0.05) is 0 Å². The van der Waals surface area contributed by atoms with Crippen molar-refractivity contribution in [3.63, 3.8) is 0 Å². The average Bonchev–Trinajstić information content (AvgIpc) is 2.74. The van der Waals surface area contributed by atoms with Crippen LogP contribution in [-0.4, -0.2) is 80.0 Å². The highest BCUT2D eigenvalue weighted by Crippen LogP contribution is 2.30. The van der Waals surface area contributed by atoms with Crippen molar-refractivity contribution in [1.29, 1.82) is 0 Å². The van der Waals surface area contributed by atoms with Crippen LogP contribution in [0.5, 0.6) is 5.75 Å². The van der Waals surface area contributed by atoms with Gasteiger partial charge >= 0.3 is 12.0 Å². The highest BCUT2D eigenvalue weighted by molar-refractivity contribution is 5.89. The van der Waals surface area contributed by atoms with Crippen LogP contribution >= 0.6 is 0 Å². The predicted octanol–water partition coefficient (Wildman–Crippen LogP) is 2.36. The van der Waals surface area contributed by atoms with E-state index in [1.165, 1.54) is 0 Å². The molecule has 2 atom stereocenters. The van der Waals surface area contributed by atoms with E-state index in [4.69, 9.17) is 9.47 Å². The maximum atomic E-state index is 12.7. The number of aliphatic carboxylic acids is 1. The third-order valence-electron chi connectivity index (χ3n) is 5.88. The first-order chi connectivity index (χ1) is 14.0. The van der Waals surface area contributed by atoms with Crippen molar-refractivity contribution in [2.24, 2.45) is 11.8 Å². The van der Waals surface area contributed by atoms with Crippen LogP contribution in [0.1, 0.15) is 19.3 Å². The van der Waals surface area contributed by atoms with Crippen molar-refractivity contribution in [1.82, 2.24) is 9.80 Å². The molecule has 2 fully saturated rings. The number of morpholine rings is 1. The van der Waals surface area contributed by atoms with Gasteiger partial charge in [-0.15, -0.1) is 0 Å². The zero-order chi connectivity index (χ0) is 20.6. The number of ether oxygens (including phenoxy) is 2. The summed E-state index contributed by atoms with van der Waals surface area (Å²) in [6.07, 6.45) is 1.78. The number of methoxy groups -OCH3 is 1. The molecule has 2 unspecified atom stereocenters. The van der Waals surface area contributed by atoms with E-state index in [1.807, 2.05) is 17.0 Å². The lowest BCUT2D eigenvalue weighted by Gasteiger charge is -2.39. The van der Waals surface area contributed by atoms with Crippen molar-refractivity contribution in [2.75, 3.05) is 58.4 Å². The third kappa shape index (κ3) is 6.33. The first-order valence-corrected chi connectivity index (χ1v) is 10.3. The number of rotatable bonds is 7. The van der Waals surface area contributed by atoms with Crippen LogP contribution in [0.15, 0.2) is 24.3 Å². The molecule has 2 saturated heterocycles. The summed E-state index contributed by atoms with van der Waals surface area (Å²) in [5.41, 5.74) is 0.716. The van der Waals surface area contributed by atoms with Gasteiger partial charge in [-0.2, -0.15) is 0 Å². The van der Waals surface area contributed by atoms with E-state index < -0.39 is 5.97 Å². The van der Waals surface area contributed by atoms with Crippen molar-refractivity contribution in [3.05, 3.63) is 24.3 Å². The Balaban J connectivity index is 1.57. The Bertz CT molecular complexity index is 675. The lowest BCUT2D eigenvalue weighted by molar-refractivity contribution is -0.139. The number of nitrogens with zero attached hydrogens (tertiary/aromatic N) is 2. The standard InChI is InChI=1S/C21H31N3O5/c1-28-19-4-2-18(3-5-19)22-21(27)24-9-7-16(14-20(25)26)17(15-24)6-8-23-10-12-29-13-11-23/h2-5,16-17H,6-15H2,1H3,(H,22,27)(H,25,26). The molecular formula is C21H31N3O5. The molecule has 3 rings (SSSR count). The summed E-state index contributed by atoms with van der Waals surface area (Å²) < 4.78 is 10.5. The van der Waals surface area contributed by atoms with Crippen LogP contribution in [-0.2, 0) is 9.53 Å². The number of carbonyl (C=O) groups is 2.